The van der Waals surface area contributed by atoms with Crippen LogP contribution in [-0.2, 0) is 11.3 Å². The number of nitrogens with one attached hydrogen (secondary N) is 3. The molecule has 6 N–H and O–H groups in total. The van der Waals surface area contributed by atoms with Gasteiger partial charge in [-0.1, -0.05) is 30.3 Å². The normalized spacial score (nSPS) is 11.3. The summed E-state index contributed by atoms with van der Waals surface area (Å²) >= 11 is 0. The van der Waals surface area contributed by atoms with E-state index in [0.717, 1.165) is 5.56 Å². The van der Waals surface area contributed by atoms with Crippen molar-refractivity contribution in [3.05, 3.63) is 83.4 Å². The fraction of sp³-hybridized carbons (Fsp3) is 0.167. The number of amides is 1. The molecule has 3 aromatic carbocycles. The fourth-order valence-corrected chi connectivity index (χ4v) is 3.18. The molecule has 3 rings (SSSR count). The van der Waals surface area contributed by atoms with Gasteiger partial charge in [-0.15, -0.1) is 0 Å². The lowest BCUT2D eigenvalue weighted by Gasteiger charge is -2.22. The summed E-state index contributed by atoms with van der Waals surface area (Å²) in [4.78, 5) is 13.2. The lowest BCUT2D eigenvalue weighted by atomic mass is 10.0. The first-order valence-corrected chi connectivity index (χ1v) is 9.90. The van der Waals surface area contributed by atoms with Crippen molar-refractivity contribution in [2.45, 2.75) is 12.6 Å². The number of rotatable bonds is 9. The quantitative estimate of drug-likeness (QED) is 0.260. The van der Waals surface area contributed by atoms with E-state index in [9.17, 15) is 9.90 Å². The molecule has 1 amide bonds. The topological polar surface area (TPSA) is 130 Å². The standard InChI is InChI=1S/C24H26N4O4/c1-31-19-12-17(13-20(32-2)22(19)29)21(24(30)27-14-15-6-4-3-5-7-15)28-18-10-8-16(9-11-18)23(25)26/h3-13,21,28-29H,14H2,1-2H3,(H3,25,26)(H,27,30)/t21-/m1/s1. The van der Waals surface area contributed by atoms with Crippen LogP contribution in [-0.4, -0.2) is 31.1 Å². The van der Waals surface area contributed by atoms with Gasteiger partial charge < -0.3 is 30.9 Å². The second-order valence-corrected chi connectivity index (χ2v) is 7.05. The summed E-state index contributed by atoms with van der Waals surface area (Å²) in [6.07, 6.45) is 0. The number of nitrogen functional groups attached to an aromatic ring is 1. The Hall–Kier alpha value is -4.20. The third-order valence-corrected chi connectivity index (χ3v) is 4.91. The second-order valence-electron chi connectivity index (χ2n) is 7.05. The van der Waals surface area contributed by atoms with Crippen molar-refractivity contribution in [3.8, 4) is 17.2 Å². The van der Waals surface area contributed by atoms with Crippen LogP contribution in [0.5, 0.6) is 17.2 Å². The first-order chi connectivity index (χ1) is 15.4. The van der Waals surface area contributed by atoms with Crippen molar-refractivity contribution in [2.75, 3.05) is 19.5 Å². The number of nitrogens with two attached hydrogens (primary N) is 1. The number of hydrogen-bond donors (Lipinski definition) is 5. The van der Waals surface area contributed by atoms with E-state index in [1.54, 1.807) is 36.4 Å². The third-order valence-electron chi connectivity index (χ3n) is 4.91. The van der Waals surface area contributed by atoms with Gasteiger partial charge in [-0.2, -0.15) is 0 Å². The third kappa shape index (κ3) is 5.28. The van der Waals surface area contributed by atoms with Crippen LogP contribution < -0.4 is 25.8 Å². The van der Waals surface area contributed by atoms with Crippen molar-refractivity contribution < 1.29 is 19.4 Å². The number of phenolic OH excluding ortho intramolecular Hbond substituents is 1. The monoisotopic (exact) mass is 434 g/mol. The Morgan fingerprint density at radius 3 is 2.16 bits per heavy atom. The van der Waals surface area contributed by atoms with Crippen LogP contribution in [0.25, 0.3) is 0 Å². The summed E-state index contributed by atoms with van der Waals surface area (Å²) in [5.41, 5.74) is 8.26. The smallest absolute Gasteiger partial charge is 0.247 e. The number of carbonyl (C=O) groups excluding carboxylic acids is 1. The molecule has 0 aromatic heterocycles. The molecule has 8 nitrogen and oxygen atoms in total. The van der Waals surface area contributed by atoms with Gasteiger partial charge in [0.05, 0.1) is 14.2 Å². The molecule has 0 radical (unpaired) electrons. The molecule has 32 heavy (non-hydrogen) atoms. The molecular weight excluding hydrogens is 408 g/mol. The van der Waals surface area contributed by atoms with Gasteiger partial charge in [0.25, 0.3) is 0 Å². The molecule has 1 atom stereocenters. The van der Waals surface area contributed by atoms with E-state index in [4.69, 9.17) is 20.6 Å². The Morgan fingerprint density at radius 1 is 1.03 bits per heavy atom. The molecule has 0 saturated carbocycles. The number of benzene rings is 3. The summed E-state index contributed by atoms with van der Waals surface area (Å²) in [6, 6.07) is 18.8. The Bertz CT molecular complexity index is 1060. The van der Waals surface area contributed by atoms with Crippen LogP contribution in [0.3, 0.4) is 0 Å². The zero-order valence-electron chi connectivity index (χ0n) is 17.9. The van der Waals surface area contributed by atoms with Crippen LogP contribution in [0.4, 0.5) is 5.69 Å². The van der Waals surface area contributed by atoms with Crippen molar-refractivity contribution in [1.29, 1.82) is 5.41 Å². The molecule has 3 aromatic rings. The Morgan fingerprint density at radius 2 is 1.62 bits per heavy atom. The highest BCUT2D eigenvalue weighted by molar-refractivity contribution is 5.95. The average Bonchev–Trinajstić information content (AvgIpc) is 2.82. The van der Waals surface area contributed by atoms with Crippen LogP contribution in [0.2, 0.25) is 0 Å². The number of anilines is 1. The Labute approximate surface area is 186 Å². The summed E-state index contributed by atoms with van der Waals surface area (Å²) in [7, 11) is 2.85. The van der Waals surface area contributed by atoms with E-state index < -0.39 is 6.04 Å². The van der Waals surface area contributed by atoms with Gasteiger partial charge in [-0.05, 0) is 47.5 Å². The summed E-state index contributed by atoms with van der Waals surface area (Å²) in [5.74, 6) is -0.0862. The molecule has 0 fully saturated rings. The number of hydrogen-bond acceptors (Lipinski definition) is 6. The highest BCUT2D eigenvalue weighted by Crippen LogP contribution is 2.39. The van der Waals surface area contributed by atoms with Crippen LogP contribution in [0, 0.1) is 5.41 Å². The SMILES string of the molecule is COc1cc([C@@H](Nc2ccc(C(=N)N)cc2)C(=O)NCc2ccccc2)cc(OC)c1O. The predicted octanol–water partition coefficient (Wildman–Crippen LogP) is 3.16. The van der Waals surface area contributed by atoms with Crippen molar-refractivity contribution in [2.24, 2.45) is 5.73 Å². The van der Waals surface area contributed by atoms with E-state index in [0.29, 0.717) is 23.4 Å². The minimum atomic E-state index is -0.815. The molecule has 0 saturated heterocycles. The zero-order chi connectivity index (χ0) is 23.1. The molecule has 0 heterocycles. The average molecular weight is 434 g/mol. The van der Waals surface area contributed by atoms with Gasteiger partial charge in [0.2, 0.25) is 11.7 Å². The first kappa shape index (κ1) is 22.5. The van der Waals surface area contributed by atoms with Gasteiger partial charge in [0, 0.05) is 17.8 Å². The zero-order valence-corrected chi connectivity index (χ0v) is 17.9. The second kappa shape index (κ2) is 10.2. The van der Waals surface area contributed by atoms with Gasteiger partial charge in [0.1, 0.15) is 11.9 Å². The number of phenols is 1. The first-order valence-electron chi connectivity index (χ1n) is 9.90. The maximum absolute atomic E-state index is 13.2. The molecule has 8 heteroatoms. The van der Waals surface area contributed by atoms with E-state index in [1.807, 2.05) is 30.3 Å². The number of methoxy groups -OCH3 is 2. The summed E-state index contributed by atoms with van der Waals surface area (Å²) in [6.45, 7) is 0.355. The van der Waals surface area contributed by atoms with E-state index in [2.05, 4.69) is 10.6 Å². The maximum atomic E-state index is 13.2. The van der Waals surface area contributed by atoms with Crippen molar-refractivity contribution in [3.63, 3.8) is 0 Å². The molecule has 0 aliphatic heterocycles. The number of carbonyl (C=O) groups is 1. The molecule has 0 spiro atoms. The van der Waals surface area contributed by atoms with Gasteiger partial charge in [-0.3, -0.25) is 10.2 Å². The molecule has 0 aliphatic carbocycles. The molecular formula is C24H26N4O4. The molecule has 166 valence electrons. The lowest BCUT2D eigenvalue weighted by molar-refractivity contribution is -0.122. The predicted molar refractivity (Wildman–Crippen MR) is 123 cm³/mol. The Kier molecular flexibility index (Phi) is 7.17. The number of ether oxygens (including phenoxy) is 2. The highest BCUT2D eigenvalue weighted by atomic mass is 16.5. The summed E-state index contributed by atoms with van der Waals surface area (Å²) < 4.78 is 10.5. The molecule has 0 aliphatic rings. The van der Waals surface area contributed by atoms with E-state index >= 15 is 0 Å². The fourth-order valence-electron chi connectivity index (χ4n) is 3.18. The lowest BCUT2D eigenvalue weighted by Crippen LogP contribution is -2.33. The van der Waals surface area contributed by atoms with Gasteiger partial charge >= 0.3 is 0 Å². The van der Waals surface area contributed by atoms with Gasteiger partial charge in [-0.25, -0.2) is 0 Å². The maximum Gasteiger partial charge on any atom is 0.247 e. The molecule has 0 bridgehead atoms. The van der Waals surface area contributed by atoms with Crippen LogP contribution >= 0.6 is 0 Å². The highest BCUT2D eigenvalue weighted by Gasteiger charge is 2.24. The van der Waals surface area contributed by atoms with Crippen molar-refractivity contribution >= 4 is 17.4 Å². The number of amidine groups is 1. The number of aromatic hydroxyl groups is 1. The molecule has 0 unspecified atom stereocenters. The van der Waals surface area contributed by atoms with Crippen LogP contribution in [0.1, 0.15) is 22.7 Å². The minimum Gasteiger partial charge on any atom is -0.502 e. The van der Waals surface area contributed by atoms with Gasteiger partial charge in [0.15, 0.2) is 11.5 Å². The Balaban J connectivity index is 1.93. The summed E-state index contributed by atoms with van der Waals surface area (Å²) in [5, 5.41) is 23.9. The van der Waals surface area contributed by atoms with Crippen LogP contribution in [0.15, 0.2) is 66.7 Å². The van der Waals surface area contributed by atoms with Crippen molar-refractivity contribution in [1.82, 2.24) is 5.32 Å². The largest absolute Gasteiger partial charge is 0.502 e. The van der Waals surface area contributed by atoms with E-state index in [1.165, 1.54) is 14.2 Å². The minimum absolute atomic E-state index is 0.0401. The van der Waals surface area contributed by atoms with E-state index in [-0.39, 0.29) is 29.0 Å².